The maximum Gasteiger partial charge on any atom is 0.326 e. The summed E-state index contributed by atoms with van der Waals surface area (Å²) in [6.07, 6.45) is 0.819. The first-order valence-corrected chi connectivity index (χ1v) is 6.76. The van der Waals surface area contributed by atoms with Crippen molar-refractivity contribution in [2.45, 2.75) is 19.4 Å². The van der Waals surface area contributed by atoms with Gasteiger partial charge in [-0.1, -0.05) is 24.6 Å². The molecule has 1 aromatic carbocycles. The van der Waals surface area contributed by atoms with E-state index >= 15 is 0 Å². The van der Waals surface area contributed by atoms with E-state index in [0.717, 1.165) is 6.42 Å². The van der Waals surface area contributed by atoms with Crippen molar-refractivity contribution >= 4 is 23.3 Å². The zero-order chi connectivity index (χ0) is 15.8. The largest absolute Gasteiger partial charge is 0.483 e. The molecule has 21 heavy (non-hydrogen) atoms. The number of para-hydroxylation sites is 1. The first-order valence-electron chi connectivity index (χ1n) is 6.38. The number of hydrogen-bond donors (Lipinski definition) is 1. The van der Waals surface area contributed by atoms with Crippen LogP contribution in [-0.2, 0) is 9.53 Å². The summed E-state index contributed by atoms with van der Waals surface area (Å²) in [6, 6.07) is 3.51. The second kappa shape index (κ2) is 8.43. The van der Waals surface area contributed by atoms with Gasteiger partial charge in [-0.15, -0.1) is 0 Å². The quantitative estimate of drug-likeness (QED) is 0.449. The number of methoxy groups -OCH3 is 1. The molecule has 1 N–H and O–H groups in total. The van der Waals surface area contributed by atoms with Gasteiger partial charge in [0.25, 0.3) is 0 Å². The number of carbonyl (C=O) groups is 1. The summed E-state index contributed by atoms with van der Waals surface area (Å²) >= 11 is 5.91. The van der Waals surface area contributed by atoms with Crippen molar-refractivity contribution in [1.29, 1.82) is 0 Å². The van der Waals surface area contributed by atoms with Crippen LogP contribution in [0.4, 0.5) is 5.69 Å². The van der Waals surface area contributed by atoms with E-state index in [1.165, 1.54) is 25.3 Å². The fourth-order valence-electron chi connectivity index (χ4n) is 1.62. The molecule has 0 radical (unpaired) electrons. The number of nitro groups is 1. The van der Waals surface area contributed by atoms with Gasteiger partial charge in [-0.3, -0.25) is 14.9 Å². The first-order chi connectivity index (χ1) is 10.0. The third-order valence-corrected chi connectivity index (χ3v) is 2.96. The minimum absolute atomic E-state index is 0.0589. The highest BCUT2D eigenvalue weighted by Crippen LogP contribution is 2.34. The fourth-order valence-corrected chi connectivity index (χ4v) is 1.85. The highest BCUT2D eigenvalue weighted by Gasteiger charge is 2.23. The molecular weight excluding hydrogens is 300 g/mol. The Balaban J connectivity index is 2.84. The molecule has 0 aliphatic carbocycles. The van der Waals surface area contributed by atoms with Gasteiger partial charge in [0, 0.05) is 6.07 Å². The first kappa shape index (κ1) is 17.2. The smallest absolute Gasteiger partial charge is 0.326 e. The molecule has 0 saturated heterocycles. The number of nitrogens with zero attached hydrogens (tertiary/aromatic N) is 1. The van der Waals surface area contributed by atoms with Gasteiger partial charge in [-0.2, -0.15) is 0 Å². The van der Waals surface area contributed by atoms with Crippen LogP contribution < -0.4 is 10.1 Å². The van der Waals surface area contributed by atoms with Gasteiger partial charge in [-0.25, -0.2) is 0 Å². The molecule has 0 aliphatic heterocycles. The molecule has 0 aliphatic rings. The predicted octanol–water partition coefficient (Wildman–Crippen LogP) is 2.17. The normalized spacial score (nSPS) is 11.8. The number of hydrogen-bond acceptors (Lipinski definition) is 6. The molecule has 0 spiro atoms. The number of esters is 1. The van der Waals surface area contributed by atoms with Crippen molar-refractivity contribution in [2.75, 3.05) is 20.3 Å². The van der Waals surface area contributed by atoms with Crippen molar-refractivity contribution in [3.8, 4) is 5.75 Å². The Bertz CT molecular complexity index is 509. The fraction of sp³-hybridized carbons (Fsp3) is 0.462. The Kier molecular flexibility index (Phi) is 6.90. The van der Waals surface area contributed by atoms with E-state index < -0.39 is 16.9 Å². The summed E-state index contributed by atoms with van der Waals surface area (Å²) in [5, 5.41) is 14.0. The number of ether oxygens (including phenoxy) is 2. The molecule has 0 amide bonds. The van der Waals surface area contributed by atoms with E-state index in [2.05, 4.69) is 10.1 Å². The van der Waals surface area contributed by atoms with Crippen LogP contribution in [0.15, 0.2) is 18.2 Å². The van der Waals surface area contributed by atoms with Crippen molar-refractivity contribution in [3.63, 3.8) is 0 Å². The summed E-state index contributed by atoms with van der Waals surface area (Å²) in [7, 11) is 1.26. The zero-order valence-electron chi connectivity index (χ0n) is 11.8. The molecule has 0 fully saturated rings. The highest BCUT2D eigenvalue weighted by atomic mass is 35.5. The molecule has 0 saturated carbocycles. The van der Waals surface area contributed by atoms with Crippen LogP contribution in [0.25, 0.3) is 0 Å². The van der Waals surface area contributed by atoms with Gasteiger partial charge < -0.3 is 14.8 Å². The van der Waals surface area contributed by atoms with Crippen molar-refractivity contribution in [1.82, 2.24) is 5.32 Å². The topological polar surface area (TPSA) is 90.7 Å². The molecule has 1 atom stereocenters. The molecule has 0 heterocycles. The summed E-state index contributed by atoms with van der Waals surface area (Å²) in [5.41, 5.74) is -0.249. The van der Waals surface area contributed by atoms with Gasteiger partial charge in [0.15, 0.2) is 0 Å². The average molecular weight is 317 g/mol. The van der Waals surface area contributed by atoms with Crippen molar-refractivity contribution < 1.29 is 19.2 Å². The number of nitrogens with one attached hydrogen (secondary N) is 1. The van der Waals surface area contributed by atoms with Crippen LogP contribution in [0, 0.1) is 10.1 Å². The van der Waals surface area contributed by atoms with Crippen LogP contribution in [0.2, 0.25) is 5.02 Å². The van der Waals surface area contributed by atoms with E-state index in [-0.39, 0.29) is 23.1 Å². The number of carbonyl (C=O) groups excluding carboxylic acids is 1. The van der Waals surface area contributed by atoms with Crippen molar-refractivity contribution in [3.05, 3.63) is 33.3 Å². The lowest BCUT2D eigenvalue weighted by Crippen LogP contribution is -2.42. The minimum Gasteiger partial charge on any atom is -0.483 e. The summed E-state index contributed by atoms with van der Waals surface area (Å²) in [4.78, 5) is 22.0. The second-order valence-electron chi connectivity index (χ2n) is 4.19. The zero-order valence-corrected chi connectivity index (χ0v) is 12.6. The minimum atomic E-state index is -0.717. The van der Waals surface area contributed by atoms with Crippen LogP contribution in [0.3, 0.4) is 0 Å². The molecule has 1 aromatic rings. The van der Waals surface area contributed by atoms with E-state index in [1.807, 2.05) is 6.92 Å². The van der Waals surface area contributed by atoms with Crippen molar-refractivity contribution in [2.24, 2.45) is 0 Å². The van der Waals surface area contributed by atoms with Gasteiger partial charge >= 0.3 is 11.7 Å². The Morgan fingerprint density at radius 3 is 2.81 bits per heavy atom. The summed E-state index contributed by atoms with van der Waals surface area (Å²) < 4.78 is 10.0. The predicted molar refractivity (Wildman–Crippen MR) is 77.7 cm³/mol. The highest BCUT2D eigenvalue weighted by molar-refractivity contribution is 6.32. The molecular formula is C13H17ClN2O5. The number of rotatable bonds is 8. The van der Waals surface area contributed by atoms with Gasteiger partial charge in [0.1, 0.15) is 12.6 Å². The van der Waals surface area contributed by atoms with Gasteiger partial charge in [-0.05, 0) is 19.0 Å². The number of benzene rings is 1. The molecule has 0 aromatic heterocycles. The Labute approximate surface area is 127 Å². The third-order valence-electron chi connectivity index (χ3n) is 2.66. The Morgan fingerprint density at radius 1 is 1.52 bits per heavy atom. The number of nitro benzene ring substituents is 1. The molecule has 7 nitrogen and oxygen atoms in total. The van der Waals surface area contributed by atoms with Crippen LogP contribution in [0.5, 0.6) is 5.75 Å². The molecule has 8 heteroatoms. The maximum atomic E-state index is 11.6. The summed E-state index contributed by atoms with van der Waals surface area (Å²) in [6.45, 7) is 2.42. The number of halogens is 1. The lowest BCUT2D eigenvalue weighted by Gasteiger charge is -2.17. The van der Waals surface area contributed by atoms with Crippen LogP contribution in [0.1, 0.15) is 13.3 Å². The monoisotopic (exact) mass is 316 g/mol. The Hall–Kier alpha value is -1.86. The molecule has 0 bridgehead atoms. The van der Waals surface area contributed by atoms with E-state index in [4.69, 9.17) is 16.3 Å². The molecule has 1 rings (SSSR count). The Morgan fingerprint density at radius 2 is 2.24 bits per heavy atom. The third kappa shape index (κ3) is 4.87. The van der Waals surface area contributed by atoms with E-state index in [0.29, 0.717) is 6.54 Å². The second-order valence-corrected chi connectivity index (χ2v) is 4.59. The van der Waals surface area contributed by atoms with Crippen LogP contribution in [-0.4, -0.2) is 37.2 Å². The van der Waals surface area contributed by atoms with E-state index in [1.54, 1.807) is 0 Å². The SMILES string of the molecule is CCCNC(COc1c(Cl)cccc1[N+](=O)[O-])C(=O)OC. The lowest BCUT2D eigenvalue weighted by molar-refractivity contribution is -0.385. The molecule has 116 valence electrons. The lowest BCUT2D eigenvalue weighted by atomic mass is 10.2. The average Bonchev–Trinajstić information content (AvgIpc) is 2.47. The standard InChI is InChI=1S/C13H17ClN2O5/c1-3-7-15-10(13(17)20-2)8-21-12-9(14)5-4-6-11(12)16(18)19/h4-6,10,15H,3,7-8H2,1-2H3. The molecule has 1 unspecified atom stereocenters. The van der Waals surface area contributed by atoms with Crippen LogP contribution >= 0.6 is 11.6 Å². The maximum absolute atomic E-state index is 11.6. The van der Waals surface area contributed by atoms with E-state index in [9.17, 15) is 14.9 Å². The summed E-state index contributed by atoms with van der Waals surface area (Å²) in [5.74, 6) is -0.561. The van der Waals surface area contributed by atoms with Gasteiger partial charge in [0.2, 0.25) is 5.75 Å². The van der Waals surface area contributed by atoms with Gasteiger partial charge in [0.05, 0.1) is 17.1 Å².